The van der Waals surface area contributed by atoms with E-state index in [1.54, 1.807) is 30.3 Å². The maximum Gasteiger partial charge on any atom is 0.188 e. The summed E-state index contributed by atoms with van der Waals surface area (Å²) in [5.41, 5.74) is 1.95. The van der Waals surface area contributed by atoms with Gasteiger partial charge in [-0.05, 0) is 36.1 Å². The summed E-state index contributed by atoms with van der Waals surface area (Å²) in [6.45, 7) is 3.94. The van der Waals surface area contributed by atoms with Crippen LogP contribution in [0.4, 0.5) is 0 Å². The number of sulfone groups is 1. The molecule has 0 fully saturated rings. The van der Waals surface area contributed by atoms with E-state index in [1.807, 2.05) is 66.7 Å². The van der Waals surface area contributed by atoms with E-state index in [2.05, 4.69) is 6.58 Å². The van der Waals surface area contributed by atoms with Crippen LogP contribution in [0.15, 0.2) is 109 Å². The summed E-state index contributed by atoms with van der Waals surface area (Å²) in [5, 5.41) is 0. The fraction of sp³-hybridized carbons (Fsp3) is 0.130. The highest BCUT2D eigenvalue weighted by Crippen LogP contribution is 2.34. The van der Waals surface area contributed by atoms with Crippen molar-refractivity contribution in [3.63, 3.8) is 0 Å². The normalized spacial score (nSPS) is 11.8. The van der Waals surface area contributed by atoms with Crippen LogP contribution in [0, 0.1) is 0 Å². The number of hydrogen-bond donors (Lipinski definition) is 0. The molecule has 0 atom stereocenters. The Kier molecular flexibility index (Phi) is 5.38. The SMILES string of the molecule is C=CC(Cc1ccccc1)(Cc1ccccc1)S(=O)(=O)c1ccccc1. The average molecular weight is 362 g/mol. The lowest BCUT2D eigenvalue weighted by Crippen LogP contribution is -2.41. The summed E-state index contributed by atoms with van der Waals surface area (Å²) in [4.78, 5) is 0.326. The van der Waals surface area contributed by atoms with Crippen LogP contribution in [-0.2, 0) is 22.7 Å². The highest BCUT2D eigenvalue weighted by atomic mass is 32.2. The van der Waals surface area contributed by atoms with E-state index in [-0.39, 0.29) is 0 Å². The van der Waals surface area contributed by atoms with E-state index < -0.39 is 14.6 Å². The molecule has 132 valence electrons. The van der Waals surface area contributed by atoms with Crippen LogP contribution < -0.4 is 0 Å². The van der Waals surface area contributed by atoms with Gasteiger partial charge in [-0.1, -0.05) is 84.9 Å². The van der Waals surface area contributed by atoms with Gasteiger partial charge in [0.25, 0.3) is 0 Å². The first kappa shape index (κ1) is 18.2. The first-order chi connectivity index (χ1) is 12.6. The van der Waals surface area contributed by atoms with Crippen molar-refractivity contribution < 1.29 is 8.42 Å². The first-order valence-corrected chi connectivity index (χ1v) is 10.1. The van der Waals surface area contributed by atoms with Gasteiger partial charge in [-0.25, -0.2) is 8.42 Å². The quantitative estimate of drug-likeness (QED) is 0.562. The van der Waals surface area contributed by atoms with Gasteiger partial charge in [0.1, 0.15) is 4.75 Å². The predicted molar refractivity (Wildman–Crippen MR) is 107 cm³/mol. The molecule has 0 amide bonds. The Balaban J connectivity index is 2.12. The Morgan fingerprint density at radius 1 is 0.692 bits per heavy atom. The zero-order valence-electron chi connectivity index (χ0n) is 14.6. The lowest BCUT2D eigenvalue weighted by Gasteiger charge is -2.31. The zero-order chi connectivity index (χ0) is 18.5. The maximum absolute atomic E-state index is 13.6. The standard InChI is InChI=1S/C23H22O2S/c1-2-23(18-20-12-6-3-7-13-20,19-21-14-8-4-9-15-21)26(24,25)22-16-10-5-11-17-22/h2-17H,1,18-19H2. The molecule has 2 nitrogen and oxygen atoms in total. The smallest absolute Gasteiger partial charge is 0.188 e. The summed E-state index contributed by atoms with van der Waals surface area (Å²) >= 11 is 0. The molecule has 0 heterocycles. The van der Waals surface area contributed by atoms with Gasteiger partial charge in [0.05, 0.1) is 4.90 Å². The molecule has 0 aromatic heterocycles. The first-order valence-electron chi connectivity index (χ1n) is 8.58. The maximum atomic E-state index is 13.6. The highest BCUT2D eigenvalue weighted by Gasteiger charge is 2.42. The van der Waals surface area contributed by atoms with Crippen LogP contribution >= 0.6 is 0 Å². The Bertz CT molecular complexity index is 905. The molecule has 0 unspecified atom stereocenters. The van der Waals surface area contributed by atoms with Crippen molar-refractivity contribution in [2.75, 3.05) is 0 Å². The van der Waals surface area contributed by atoms with Gasteiger partial charge in [0.2, 0.25) is 0 Å². The van der Waals surface area contributed by atoms with Crippen molar-refractivity contribution in [1.82, 2.24) is 0 Å². The molecule has 0 bridgehead atoms. The highest BCUT2D eigenvalue weighted by molar-refractivity contribution is 7.93. The van der Waals surface area contributed by atoms with Crippen LogP contribution in [0.2, 0.25) is 0 Å². The van der Waals surface area contributed by atoms with Crippen molar-refractivity contribution in [2.24, 2.45) is 0 Å². The van der Waals surface area contributed by atoms with E-state index in [0.29, 0.717) is 17.7 Å². The average Bonchev–Trinajstić information content (AvgIpc) is 2.69. The molecule has 0 spiro atoms. The van der Waals surface area contributed by atoms with Gasteiger partial charge < -0.3 is 0 Å². The monoisotopic (exact) mass is 362 g/mol. The Hall–Kier alpha value is -2.65. The van der Waals surface area contributed by atoms with Gasteiger partial charge in [0.15, 0.2) is 9.84 Å². The second-order valence-electron chi connectivity index (χ2n) is 6.41. The molecule has 3 aromatic carbocycles. The van der Waals surface area contributed by atoms with Crippen molar-refractivity contribution >= 4 is 9.84 Å². The largest absolute Gasteiger partial charge is 0.223 e. The summed E-state index contributed by atoms with van der Waals surface area (Å²) in [5.74, 6) is 0. The van der Waals surface area contributed by atoms with Crippen molar-refractivity contribution in [3.05, 3.63) is 115 Å². The molecular weight excluding hydrogens is 340 g/mol. The van der Waals surface area contributed by atoms with Crippen LogP contribution in [0.5, 0.6) is 0 Å². The predicted octanol–water partition coefficient (Wildman–Crippen LogP) is 4.87. The van der Waals surface area contributed by atoms with Crippen molar-refractivity contribution in [1.29, 1.82) is 0 Å². The Morgan fingerprint density at radius 2 is 1.08 bits per heavy atom. The fourth-order valence-corrected chi connectivity index (χ4v) is 5.14. The minimum absolute atomic E-state index is 0.326. The second kappa shape index (κ2) is 7.71. The Morgan fingerprint density at radius 3 is 1.46 bits per heavy atom. The van der Waals surface area contributed by atoms with Crippen LogP contribution in [0.1, 0.15) is 11.1 Å². The molecule has 3 aromatic rings. The summed E-state index contributed by atoms with van der Waals surface area (Å²) in [7, 11) is -3.63. The minimum Gasteiger partial charge on any atom is -0.223 e. The third-order valence-electron chi connectivity index (χ3n) is 4.65. The fourth-order valence-electron chi connectivity index (χ4n) is 3.22. The third-order valence-corrected chi connectivity index (χ3v) is 7.07. The third kappa shape index (κ3) is 3.63. The molecule has 0 N–H and O–H groups in total. The van der Waals surface area contributed by atoms with E-state index in [9.17, 15) is 8.42 Å². The molecule has 0 saturated heterocycles. The number of rotatable bonds is 7. The van der Waals surface area contributed by atoms with E-state index in [0.717, 1.165) is 11.1 Å². The van der Waals surface area contributed by atoms with Gasteiger partial charge in [0, 0.05) is 0 Å². The summed E-state index contributed by atoms with van der Waals surface area (Å²) < 4.78 is 26.1. The van der Waals surface area contributed by atoms with E-state index in [4.69, 9.17) is 0 Å². The van der Waals surface area contributed by atoms with Gasteiger partial charge in [-0.15, -0.1) is 6.58 Å². The zero-order valence-corrected chi connectivity index (χ0v) is 15.4. The topological polar surface area (TPSA) is 34.1 Å². The molecular formula is C23H22O2S. The van der Waals surface area contributed by atoms with Gasteiger partial charge in [-0.2, -0.15) is 0 Å². The second-order valence-corrected chi connectivity index (χ2v) is 8.70. The molecule has 0 radical (unpaired) electrons. The van der Waals surface area contributed by atoms with Crippen molar-refractivity contribution in [3.8, 4) is 0 Å². The molecule has 0 aliphatic heterocycles. The number of benzene rings is 3. The lowest BCUT2D eigenvalue weighted by molar-refractivity contribution is 0.545. The summed E-state index contributed by atoms with van der Waals surface area (Å²) in [6, 6.07) is 28.1. The van der Waals surface area contributed by atoms with E-state index in [1.165, 1.54) is 0 Å². The van der Waals surface area contributed by atoms with Gasteiger partial charge in [-0.3, -0.25) is 0 Å². The molecule has 0 saturated carbocycles. The van der Waals surface area contributed by atoms with Crippen LogP contribution in [0.25, 0.3) is 0 Å². The molecule has 0 aliphatic carbocycles. The molecule has 3 heteroatoms. The van der Waals surface area contributed by atoms with Crippen molar-refractivity contribution in [2.45, 2.75) is 22.5 Å². The lowest BCUT2D eigenvalue weighted by atomic mass is 9.91. The van der Waals surface area contributed by atoms with Gasteiger partial charge >= 0.3 is 0 Å². The number of hydrogen-bond acceptors (Lipinski definition) is 2. The molecule has 3 rings (SSSR count). The molecule has 0 aliphatic rings. The molecule has 26 heavy (non-hydrogen) atoms. The summed E-state index contributed by atoms with van der Waals surface area (Å²) in [6.07, 6.45) is 2.36. The Labute approximate surface area is 155 Å². The van der Waals surface area contributed by atoms with Crippen LogP contribution in [0.3, 0.4) is 0 Å². The minimum atomic E-state index is -3.63. The van der Waals surface area contributed by atoms with E-state index >= 15 is 0 Å². The van der Waals surface area contributed by atoms with Crippen LogP contribution in [-0.4, -0.2) is 13.2 Å².